The molecule has 6 nitrogen and oxygen atoms in total. The lowest BCUT2D eigenvalue weighted by molar-refractivity contribution is -0.117. The van der Waals surface area contributed by atoms with Gasteiger partial charge >= 0.3 is 0 Å². The molecule has 2 rings (SSSR count). The van der Waals surface area contributed by atoms with Crippen LogP contribution in [0.3, 0.4) is 0 Å². The van der Waals surface area contributed by atoms with Crippen LogP contribution in [0.5, 0.6) is 0 Å². The number of hydrogen-bond acceptors (Lipinski definition) is 5. The molecule has 3 N–H and O–H groups in total. The van der Waals surface area contributed by atoms with E-state index in [1.165, 1.54) is 0 Å². The third-order valence-corrected chi connectivity index (χ3v) is 3.05. The number of nitrogens with two attached hydrogens (primary N) is 1. The molecule has 0 aliphatic carbocycles. The van der Waals surface area contributed by atoms with Crippen LogP contribution < -0.4 is 11.1 Å². The van der Waals surface area contributed by atoms with Gasteiger partial charge in [0.2, 0.25) is 5.91 Å². The predicted octanol–water partition coefficient (Wildman–Crippen LogP) is 2.29. The van der Waals surface area contributed by atoms with Crippen molar-refractivity contribution in [3.05, 3.63) is 40.7 Å². The summed E-state index contributed by atoms with van der Waals surface area (Å²) in [6, 6.07) is 6.79. The normalized spacial score (nSPS) is 10.9. The summed E-state index contributed by atoms with van der Waals surface area (Å²) in [5, 5.41) is 7.17. The number of aromatic nitrogens is 1. The summed E-state index contributed by atoms with van der Waals surface area (Å²) in [7, 11) is 1.83. The molecule has 0 unspecified atom stereocenters. The number of nitrogens with zero attached hydrogens (tertiary/aromatic N) is 2. The molecule has 0 fully saturated rings. The number of halogens is 1. The molecule has 112 valence electrons. The molecule has 1 heterocycles. The second-order valence-electron chi connectivity index (χ2n) is 4.88. The Morgan fingerprint density at radius 1 is 1.48 bits per heavy atom. The lowest BCUT2D eigenvalue weighted by Crippen LogP contribution is -2.30. The molecule has 7 heteroatoms. The Labute approximate surface area is 127 Å². The molecule has 1 amide bonds. The quantitative estimate of drug-likeness (QED) is 0.828. The zero-order valence-corrected chi connectivity index (χ0v) is 12.6. The molecule has 0 bridgehead atoms. The van der Waals surface area contributed by atoms with E-state index in [0.717, 1.165) is 11.5 Å². The number of carbonyl (C=O) groups is 1. The topological polar surface area (TPSA) is 84.4 Å². The van der Waals surface area contributed by atoms with Crippen molar-refractivity contribution in [1.29, 1.82) is 0 Å². The van der Waals surface area contributed by atoms with E-state index < -0.39 is 0 Å². The number of hydrogen-bond donors (Lipinski definition) is 2. The minimum atomic E-state index is -0.160. The second kappa shape index (κ2) is 6.60. The fourth-order valence-electron chi connectivity index (χ4n) is 1.91. The molecular formula is C14H17ClN4O2. The van der Waals surface area contributed by atoms with Gasteiger partial charge in [-0.05, 0) is 32.2 Å². The minimum Gasteiger partial charge on any atom is -0.397 e. The molecule has 0 aliphatic rings. The zero-order chi connectivity index (χ0) is 15.4. The van der Waals surface area contributed by atoms with Crippen LogP contribution in [0.2, 0.25) is 5.02 Å². The number of nitrogen functional groups attached to an aromatic ring is 1. The number of aryl methyl sites for hydroxylation is 1. The maximum absolute atomic E-state index is 12.0. The highest BCUT2D eigenvalue weighted by Gasteiger charge is 2.11. The van der Waals surface area contributed by atoms with Gasteiger partial charge in [-0.25, -0.2) is 0 Å². The van der Waals surface area contributed by atoms with Crippen molar-refractivity contribution in [2.75, 3.05) is 24.6 Å². The molecule has 0 saturated carbocycles. The average Bonchev–Trinajstić information content (AvgIpc) is 2.78. The van der Waals surface area contributed by atoms with E-state index in [1.807, 2.05) is 24.9 Å². The van der Waals surface area contributed by atoms with Crippen molar-refractivity contribution in [3.8, 4) is 0 Å². The molecule has 0 saturated heterocycles. The Kier molecular flexibility index (Phi) is 4.82. The van der Waals surface area contributed by atoms with Crippen LogP contribution in [0.25, 0.3) is 0 Å². The number of carbonyl (C=O) groups excluding carboxylic acids is 1. The largest absolute Gasteiger partial charge is 0.397 e. The smallest absolute Gasteiger partial charge is 0.238 e. The number of amides is 1. The highest BCUT2D eigenvalue weighted by Crippen LogP contribution is 2.22. The molecule has 0 spiro atoms. The highest BCUT2D eigenvalue weighted by molar-refractivity contribution is 6.31. The summed E-state index contributed by atoms with van der Waals surface area (Å²) in [5.74, 6) is 0.587. The predicted molar refractivity (Wildman–Crippen MR) is 82.1 cm³/mol. The third kappa shape index (κ3) is 4.47. The van der Waals surface area contributed by atoms with Crippen LogP contribution in [0.4, 0.5) is 11.4 Å². The van der Waals surface area contributed by atoms with Gasteiger partial charge in [-0.15, -0.1) is 0 Å². The molecular weight excluding hydrogens is 292 g/mol. The van der Waals surface area contributed by atoms with Crippen LogP contribution in [0.1, 0.15) is 11.5 Å². The van der Waals surface area contributed by atoms with Gasteiger partial charge in [-0.2, -0.15) is 0 Å². The Balaban J connectivity index is 1.89. The van der Waals surface area contributed by atoms with Gasteiger partial charge in [0.05, 0.1) is 23.6 Å². The van der Waals surface area contributed by atoms with Crippen LogP contribution in [0, 0.1) is 6.92 Å². The third-order valence-electron chi connectivity index (χ3n) is 2.81. The first-order chi connectivity index (χ1) is 9.94. The van der Waals surface area contributed by atoms with E-state index in [4.69, 9.17) is 21.9 Å². The van der Waals surface area contributed by atoms with E-state index in [1.54, 1.807) is 18.2 Å². The molecule has 1 aromatic carbocycles. The summed E-state index contributed by atoms with van der Waals surface area (Å²) < 4.78 is 4.99. The maximum atomic E-state index is 12.0. The van der Waals surface area contributed by atoms with Gasteiger partial charge in [-0.3, -0.25) is 9.69 Å². The van der Waals surface area contributed by atoms with Crippen molar-refractivity contribution in [2.45, 2.75) is 13.5 Å². The van der Waals surface area contributed by atoms with Crippen molar-refractivity contribution in [1.82, 2.24) is 10.1 Å². The van der Waals surface area contributed by atoms with E-state index in [2.05, 4.69) is 10.5 Å². The van der Waals surface area contributed by atoms with Crippen molar-refractivity contribution in [2.24, 2.45) is 0 Å². The van der Waals surface area contributed by atoms with Gasteiger partial charge in [0.1, 0.15) is 5.76 Å². The standard InChI is InChI=1S/C14H17ClN4O2/c1-9-5-11(18-21-9)7-19(2)8-14(20)17-13-4-3-10(15)6-12(13)16/h3-6H,7-8,16H2,1-2H3,(H,17,20). The minimum absolute atomic E-state index is 0.160. The Hall–Kier alpha value is -2.05. The summed E-state index contributed by atoms with van der Waals surface area (Å²) in [6.07, 6.45) is 0. The van der Waals surface area contributed by atoms with E-state index in [-0.39, 0.29) is 12.5 Å². The van der Waals surface area contributed by atoms with E-state index in [9.17, 15) is 4.79 Å². The van der Waals surface area contributed by atoms with Crippen LogP contribution in [0.15, 0.2) is 28.8 Å². The SMILES string of the molecule is Cc1cc(CN(C)CC(=O)Nc2ccc(Cl)cc2N)no1. The monoisotopic (exact) mass is 308 g/mol. The summed E-state index contributed by atoms with van der Waals surface area (Å²) in [5.41, 5.74) is 7.56. The number of anilines is 2. The molecule has 21 heavy (non-hydrogen) atoms. The van der Waals surface area contributed by atoms with Crippen LogP contribution in [-0.4, -0.2) is 29.6 Å². The maximum Gasteiger partial charge on any atom is 0.238 e. The highest BCUT2D eigenvalue weighted by atomic mass is 35.5. The first-order valence-corrected chi connectivity index (χ1v) is 6.77. The summed E-state index contributed by atoms with van der Waals surface area (Å²) in [4.78, 5) is 13.8. The number of likely N-dealkylation sites (N-methyl/N-ethyl adjacent to an activating group) is 1. The number of benzene rings is 1. The van der Waals surface area contributed by atoms with Crippen molar-refractivity contribution in [3.63, 3.8) is 0 Å². The lowest BCUT2D eigenvalue weighted by atomic mass is 10.2. The second-order valence-corrected chi connectivity index (χ2v) is 5.32. The molecule has 0 aliphatic heterocycles. The van der Waals surface area contributed by atoms with Crippen molar-refractivity contribution < 1.29 is 9.32 Å². The number of rotatable bonds is 5. The molecule has 0 radical (unpaired) electrons. The van der Waals surface area contributed by atoms with Gasteiger partial charge < -0.3 is 15.6 Å². The summed E-state index contributed by atoms with van der Waals surface area (Å²) in [6.45, 7) is 2.57. The van der Waals surface area contributed by atoms with Crippen molar-refractivity contribution >= 4 is 28.9 Å². The Morgan fingerprint density at radius 3 is 2.86 bits per heavy atom. The van der Waals surface area contributed by atoms with E-state index in [0.29, 0.717) is 22.9 Å². The van der Waals surface area contributed by atoms with Gasteiger partial charge in [-0.1, -0.05) is 16.8 Å². The fraction of sp³-hybridized carbons (Fsp3) is 0.286. The van der Waals surface area contributed by atoms with Crippen LogP contribution >= 0.6 is 11.6 Å². The molecule has 2 aromatic rings. The zero-order valence-electron chi connectivity index (χ0n) is 11.9. The summed E-state index contributed by atoms with van der Waals surface area (Å²) >= 11 is 5.81. The van der Waals surface area contributed by atoms with Gasteiger partial charge in [0, 0.05) is 17.6 Å². The van der Waals surface area contributed by atoms with Gasteiger partial charge in [0.25, 0.3) is 0 Å². The Morgan fingerprint density at radius 2 is 2.24 bits per heavy atom. The molecule has 1 aromatic heterocycles. The Bertz CT molecular complexity index is 642. The first kappa shape index (κ1) is 15.3. The first-order valence-electron chi connectivity index (χ1n) is 6.39. The molecule has 0 atom stereocenters. The van der Waals surface area contributed by atoms with E-state index >= 15 is 0 Å². The van der Waals surface area contributed by atoms with Gasteiger partial charge in [0.15, 0.2) is 0 Å². The average molecular weight is 309 g/mol. The lowest BCUT2D eigenvalue weighted by Gasteiger charge is -2.15. The fourth-order valence-corrected chi connectivity index (χ4v) is 2.09. The number of nitrogens with one attached hydrogen (secondary N) is 1. The van der Waals surface area contributed by atoms with Crippen LogP contribution in [-0.2, 0) is 11.3 Å².